The van der Waals surface area contributed by atoms with Crippen LogP contribution in [0.1, 0.15) is 33.9 Å². The van der Waals surface area contributed by atoms with E-state index in [1.165, 1.54) is 12.3 Å². The largest absolute Gasteiger partial charge is 0.476 e. The first kappa shape index (κ1) is 17.4. The molecule has 25 heavy (non-hydrogen) atoms. The number of benzene rings is 1. The first-order valence-electron chi connectivity index (χ1n) is 8.35. The summed E-state index contributed by atoms with van der Waals surface area (Å²) in [6.45, 7) is 1.34. The molecule has 0 aliphatic heterocycles. The molecule has 0 bridgehead atoms. The van der Waals surface area contributed by atoms with E-state index < -0.39 is 0 Å². The number of aryl methyl sites for hydroxylation is 1. The average Bonchev–Trinajstić information content (AvgIpc) is 2.97. The maximum Gasteiger partial charge on any atom is 0.253 e. The molecule has 1 aromatic heterocycles. The molecule has 132 valence electrons. The van der Waals surface area contributed by atoms with Crippen LogP contribution in [0.3, 0.4) is 0 Å². The van der Waals surface area contributed by atoms with Crippen molar-refractivity contribution < 1.29 is 13.9 Å². The van der Waals surface area contributed by atoms with Crippen molar-refractivity contribution in [2.45, 2.75) is 18.9 Å². The highest BCUT2D eigenvalue weighted by Crippen LogP contribution is 2.31. The summed E-state index contributed by atoms with van der Waals surface area (Å²) >= 11 is 0. The number of halogens is 1. The molecule has 0 unspecified atom stereocenters. The van der Waals surface area contributed by atoms with E-state index >= 15 is 0 Å². The number of likely N-dealkylation sites (N-methyl/N-ethyl adjacent to an activating group) is 1. The van der Waals surface area contributed by atoms with Crippen molar-refractivity contribution in [3.8, 4) is 5.88 Å². The van der Waals surface area contributed by atoms with Gasteiger partial charge in [0.2, 0.25) is 5.88 Å². The second kappa shape index (κ2) is 7.61. The summed E-state index contributed by atoms with van der Waals surface area (Å²) in [7, 11) is 3.94. The van der Waals surface area contributed by atoms with Crippen LogP contribution >= 0.6 is 0 Å². The minimum absolute atomic E-state index is 0.0842. The SMILES string of the molecule is CN(C)CCOc1ccc(C(=O)N[C@@H]2CCc3cc(F)ccc32)cn1. The second-order valence-corrected chi connectivity index (χ2v) is 6.44. The molecule has 1 aliphatic rings. The van der Waals surface area contributed by atoms with Gasteiger partial charge in [-0.05, 0) is 56.3 Å². The summed E-state index contributed by atoms with van der Waals surface area (Å²) in [4.78, 5) is 18.6. The lowest BCUT2D eigenvalue weighted by Crippen LogP contribution is -2.27. The first-order chi connectivity index (χ1) is 12.0. The molecule has 1 heterocycles. The summed E-state index contributed by atoms with van der Waals surface area (Å²) in [6.07, 6.45) is 3.07. The smallest absolute Gasteiger partial charge is 0.253 e. The third-order valence-corrected chi connectivity index (χ3v) is 4.28. The van der Waals surface area contributed by atoms with Gasteiger partial charge in [0.25, 0.3) is 5.91 Å². The molecule has 1 aromatic carbocycles. The van der Waals surface area contributed by atoms with Crippen molar-refractivity contribution in [2.75, 3.05) is 27.2 Å². The number of nitrogens with one attached hydrogen (secondary N) is 1. The molecule has 5 nitrogen and oxygen atoms in total. The molecule has 0 fully saturated rings. The van der Waals surface area contributed by atoms with E-state index in [0.29, 0.717) is 18.1 Å². The minimum Gasteiger partial charge on any atom is -0.476 e. The molecular weight excluding hydrogens is 321 g/mol. The number of hydrogen-bond donors (Lipinski definition) is 1. The third-order valence-electron chi connectivity index (χ3n) is 4.28. The average molecular weight is 343 g/mol. The zero-order valence-corrected chi connectivity index (χ0v) is 14.5. The van der Waals surface area contributed by atoms with E-state index in [1.54, 1.807) is 24.3 Å². The molecule has 0 radical (unpaired) electrons. The van der Waals surface area contributed by atoms with Gasteiger partial charge in [0.05, 0.1) is 11.6 Å². The standard InChI is InChI=1S/C19H22FN3O2/c1-23(2)9-10-25-18-8-4-14(12-21-18)19(24)22-17-7-3-13-11-15(20)5-6-16(13)17/h4-6,8,11-12,17H,3,7,9-10H2,1-2H3,(H,22,24)/t17-/m1/s1. The van der Waals surface area contributed by atoms with Crippen LogP contribution in [0.15, 0.2) is 36.5 Å². The number of carbonyl (C=O) groups excluding carboxylic acids is 1. The van der Waals surface area contributed by atoms with Crippen LogP contribution in [-0.2, 0) is 6.42 Å². The number of carbonyl (C=O) groups is 1. The summed E-state index contributed by atoms with van der Waals surface area (Å²) in [6, 6.07) is 8.05. The lowest BCUT2D eigenvalue weighted by atomic mass is 10.1. The van der Waals surface area contributed by atoms with E-state index in [1.807, 2.05) is 19.0 Å². The highest BCUT2D eigenvalue weighted by molar-refractivity contribution is 5.94. The number of hydrogen-bond acceptors (Lipinski definition) is 4. The third kappa shape index (κ3) is 4.33. The van der Waals surface area contributed by atoms with E-state index in [-0.39, 0.29) is 17.8 Å². The molecule has 1 amide bonds. The molecule has 0 saturated heterocycles. The quantitative estimate of drug-likeness (QED) is 0.876. The number of amides is 1. The predicted octanol–water partition coefficient (Wildman–Crippen LogP) is 2.58. The summed E-state index contributed by atoms with van der Waals surface area (Å²) in [5.41, 5.74) is 2.44. The van der Waals surface area contributed by atoms with Gasteiger partial charge in [-0.3, -0.25) is 4.79 Å². The van der Waals surface area contributed by atoms with Gasteiger partial charge < -0.3 is 15.0 Å². The van der Waals surface area contributed by atoms with Crippen molar-refractivity contribution in [1.82, 2.24) is 15.2 Å². The maximum atomic E-state index is 13.3. The van der Waals surface area contributed by atoms with Crippen molar-refractivity contribution in [3.05, 3.63) is 59.0 Å². The zero-order valence-electron chi connectivity index (χ0n) is 14.5. The lowest BCUT2D eigenvalue weighted by Gasteiger charge is -2.14. The highest BCUT2D eigenvalue weighted by Gasteiger charge is 2.24. The molecule has 6 heteroatoms. The molecule has 1 N–H and O–H groups in total. The zero-order chi connectivity index (χ0) is 17.8. The maximum absolute atomic E-state index is 13.3. The Labute approximate surface area is 146 Å². The Balaban J connectivity index is 1.59. The lowest BCUT2D eigenvalue weighted by molar-refractivity contribution is 0.0936. The van der Waals surface area contributed by atoms with Gasteiger partial charge in [0, 0.05) is 18.8 Å². The first-order valence-corrected chi connectivity index (χ1v) is 8.35. The predicted molar refractivity (Wildman–Crippen MR) is 93.2 cm³/mol. The van der Waals surface area contributed by atoms with Crippen molar-refractivity contribution in [3.63, 3.8) is 0 Å². The summed E-state index contributed by atoms with van der Waals surface area (Å²) in [5, 5.41) is 3.00. The normalized spacial score (nSPS) is 15.9. The topological polar surface area (TPSA) is 54.5 Å². The van der Waals surface area contributed by atoms with Crippen molar-refractivity contribution in [2.24, 2.45) is 0 Å². The molecule has 1 atom stereocenters. The van der Waals surface area contributed by atoms with E-state index in [2.05, 4.69) is 10.3 Å². The number of fused-ring (bicyclic) bond motifs is 1. The Bertz CT molecular complexity index is 747. The van der Waals surface area contributed by atoms with Crippen molar-refractivity contribution >= 4 is 5.91 Å². The molecule has 1 aliphatic carbocycles. The molecule has 0 spiro atoms. The second-order valence-electron chi connectivity index (χ2n) is 6.44. The Hall–Kier alpha value is -2.47. The Kier molecular flexibility index (Phi) is 5.28. The molecule has 2 aromatic rings. The summed E-state index contributed by atoms with van der Waals surface area (Å²) in [5.74, 6) is 0.0781. The number of rotatable bonds is 6. The Morgan fingerprint density at radius 1 is 1.36 bits per heavy atom. The Morgan fingerprint density at radius 3 is 2.92 bits per heavy atom. The van der Waals surface area contributed by atoms with Gasteiger partial charge in [-0.25, -0.2) is 9.37 Å². The Morgan fingerprint density at radius 2 is 2.20 bits per heavy atom. The van der Waals surface area contributed by atoms with Gasteiger partial charge >= 0.3 is 0 Å². The number of ether oxygens (including phenoxy) is 1. The van der Waals surface area contributed by atoms with Crippen LogP contribution in [0, 0.1) is 5.82 Å². The van der Waals surface area contributed by atoms with E-state index in [0.717, 1.165) is 30.5 Å². The van der Waals surface area contributed by atoms with Crippen LogP contribution in [0.25, 0.3) is 0 Å². The van der Waals surface area contributed by atoms with Gasteiger partial charge in [-0.1, -0.05) is 6.07 Å². The fraction of sp³-hybridized carbons (Fsp3) is 0.368. The van der Waals surface area contributed by atoms with E-state index in [9.17, 15) is 9.18 Å². The fourth-order valence-corrected chi connectivity index (χ4v) is 2.91. The molecular formula is C19H22FN3O2. The van der Waals surface area contributed by atoms with E-state index in [4.69, 9.17) is 4.74 Å². The van der Waals surface area contributed by atoms with Gasteiger partial charge in [0.15, 0.2) is 0 Å². The highest BCUT2D eigenvalue weighted by atomic mass is 19.1. The monoisotopic (exact) mass is 343 g/mol. The van der Waals surface area contributed by atoms with Crippen LogP contribution < -0.4 is 10.1 Å². The number of pyridine rings is 1. The number of nitrogens with zero attached hydrogens (tertiary/aromatic N) is 2. The van der Waals surface area contributed by atoms with Crippen molar-refractivity contribution in [1.29, 1.82) is 0 Å². The molecule has 0 saturated carbocycles. The van der Waals surface area contributed by atoms with Gasteiger partial charge in [-0.2, -0.15) is 0 Å². The van der Waals surface area contributed by atoms with Crippen LogP contribution in [0.4, 0.5) is 4.39 Å². The van der Waals surface area contributed by atoms with Crippen LogP contribution in [-0.4, -0.2) is 43.0 Å². The van der Waals surface area contributed by atoms with Gasteiger partial charge in [-0.15, -0.1) is 0 Å². The minimum atomic E-state index is -0.236. The number of aromatic nitrogens is 1. The molecule has 3 rings (SSSR count). The van der Waals surface area contributed by atoms with Gasteiger partial charge in [0.1, 0.15) is 12.4 Å². The van der Waals surface area contributed by atoms with Crippen LogP contribution in [0.2, 0.25) is 0 Å². The van der Waals surface area contributed by atoms with Crippen LogP contribution in [0.5, 0.6) is 5.88 Å². The fourth-order valence-electron chi connectivity index (χ4n) is 2.91. The summed E-state index contributed by atoms with van der Waals surface area (Å²) < 4.78 is 18.8.